The minimum Gasteiger partial charge on any atom is -0.440 e. The summed E-state index contributed by atoms with van der Waals surface area (Å²) < 4.78 is 6.18. The minimum absolute atomic E-state index is 0.107. The number of allylic oxidation sites excluding steroid dienone is 1. The molecule has 0 aliphatic carbocycles. The van der Waals surface area contributed by atoms with Gasteiger partial charge in [0.25, 0.3) is 0 Å². The highest BCUT2D eigenvalue weighted by Crippen LogP contribution is 2.46. The van der Waals surface area contributed by atoms with Gasteiger partial charge >= 0.3 is 0 Å². The van der Waals surface area contributed by atoms with Gasteiger partial charge in [0.2, 0.25) is 5.88 Å². The van der Waals surface area contributed by atoms with Crippen LogP contribution in [0.1, 0.15) is 35.6 Å². The first-order chi connectivity index (χ1) is 17.5. The van der Waals surface area contributed by atoms with E-state index in [1.807, 2.05) is 54.6 Å². The molecular formula is C30H25Cl2N3O. The van der Waals surface area contributed by atoms with E-state index in [9.17, 15) is 5.26 Å². The predicted molar refractivity (Wildman–Crippen MR) is 145 cm³/mol. The number of ether oxygens (including phenoxy) is 1. The van der Waals surface area contributed by atoms with Crippen molar-refractivity contribution in [3.8, 4) is 6.07 Å². The molecule has 3 aromatic carbocycles. The molecule has 180 valence electrons. The molecule has 0 aromatic heterocycles. The summed E-state index contributed by atoms with van der Waals surface area (Å²) in [5.41, 5.74) is 11.5. The number of halogens is 2. The zero-order chi connectivity index (χ0) is 25.2. The Kier molecular flexibility index (Phi) is 6.89. The molecule has 2 heterocycles. The van der Waals surface area contributed by atoms with Crippen molar-refractivity contribution in [3.63, 3.8) is 0 Å². The zero-order valence-electron chi connectivity index (χ0n) is 19.8. The van der Waals surface area contributed by atoms with Crippen molar-refractivity contribution >= 4 is 29.3 Å². The first-order valence-corrected chi connectivity index (χ1v) is 12.5. The molecule has 2 aliphatic rings. The lowest BCUT2D eigenvalue weighted by Gasteiger charge is -2.41. The summed E-state index contributed by atoms with van der Waals surface area (Å²) in [6.45, 7) is 3.42. The molecule has 36 heavy (non-hydrogen) atoms. The molecule has 5 rings (SSSR count). The van der Waals surface area contributed by atoms with E-state index >= 15 is 0 Å². The van der Waals surface area contributed by atoms with Gasteiger partial charge in [-0.25, -0.2) is 0 Å². The second-order valence-corrected chi connectivity index (χ2v) is 9.80. The molecule has 6 heteroatoms. The Morgan fingerprint density at radius 2 is 1.64 bits per heavy atom. The molecule has 2 atom stereocenters. The zero-order valence-corrected chi connectivity index (χ0v) is 21.3. The third-order valence-electron chi connectivity index (χ3n) is 6.85. The van der Waals surface area contributed by atoms with Crippen LogP contribution in [0.3, 0.4) is 0 Å². The van der Waals surface area contributed by atoms with E-state index in [2.05, 4.69) is 48.2 Å². The summed E-state index contributed by atoms with van der Waals surface area (Å²) in [5, 5.41) is 11.3. The van der Waals surface area contributed by atoms with Crippen molar-refractivity contribution in [2.24, 2.45) is 5.73 Å². The van der Waals surface area contributed by atoms with Crippen LogP contribution < -0.4 is 5.73 Å². The van der Waals surface area contributed by atoms with Crippen molar-refractivity contribution in [2.45, 2.75) is 18.9 Å². The molecule has 1 unspecified atom stereocenters. The van der Waals surface area contributed by atoms with Crippen LogP contribution in [0.5, 0.6) is 0 Å². The standard InChI is InChI=1S/C30H25Cl2N3O/c1-19(20-9-3-2-4-10-20)35-17-22(15-21-11-5-7-13-26(21)31)29-25(18-35)28(24(16-33)30(34)36-29)23-12-6-8-14-27(23)32/h2-15,19,28H,17-18,34H2,1H3/b22-15+/t19-,28?/m1/s1. The first-order valence-electron chi connectivity index (χ1n) is 11.8. The van der Waals surface area contributed by atoms with E-state index in [0.29, 0.717) is 34.5 Å². The molecule has 0 spiro atoms. The number of benzene rings is 3. The molecule has 0 radical (unpaired) electrons. The van der Waals surface area contributed by atoms with Crippen molar-refractivity contribution in [2.75, 3.05) is 13.1 Å². The summed E-state index contributed by atoms with van der Waals surface area (Å²) in [5.74, 6) is 0.386. The lowest BCUT2D eigenvalue weighted by atomic mass is 9.79. The lowest BCUT2D eigenvalue weighted by Crippen LogP contribution is -2.39. The van der Waals surface area contributed by atoms with Crippen LogP contribution in [0.15, 0.2) is 107 Å². The third kappa shape index (κ3) is 4.54. The number of hydrogen-bond donors (Lipinski definition) is 1. The number of nitrogens with two attached hydrogens (primary N) is 1. The van der Waals surface area contributed by atoms with Gasteiger partial charge in [0.15, 0.2) is 0 Å². The summed E-state index contributed by atoms with van der Waals surface area (Å²) >= 11 is 13.2. The van der Waals surface area contributed by atoms with E-state index in [4.69, 9.17) is 33.7 Å². The van der Waals surface area contributed by atoms with E-state index in [-0.39, 0.29) is 11.9 Å². The van der Waals surface area contributed by atoms with Gasteiger partial charge in [-0.1, -0.05) is 89.9 Å². The van der Waals surface area contributed by atoms with Gasteiger partial charge in [0, 0.05) is 34.7 Å². The summed E-state index contributed by atoms with van der Waals surface area (Å²) in [6, 6.07) is 28.1. The lowest BCUT2D eigenvalue weighted by molar-refractivity contribution is 0.200. The second kappa shape index (κ2) is 10.2. The Morgan fingerprint density at radius 3 is 2.33 bits per heavy atom. The molecule has 0 saturated carbocycles. The average molecular weight is 514 g/mol. The van der Waals surface area contributed by atoms with Gasteiger partial charge in [0.1, 0.15) is 17.4 Å². The molecule has 0 saturated heterocycles. The van der Waals surface area contributed by atoms with Gasteiger partial charge in [-0.15, -0.1) is 0 Å². The van der Waals surface area contributed by atoms with E-state index in [0.717, 1.165) is 22.3 Å². The smallest absolute Gasteiger partial charge is 0.205 e. The molecule has 0 amide bonds. The molecule has 2 N–H and O–H groups in total. The van der Waals surface area contributed by atoms with Crippen LogP contribution in [-0.2, 0) is 4.74 Å². The van der Waals surface area contributed by atoms with Crippen LogP contribution in [-0.4, -0.2) is 18.0 Å². The van der Waals surface area contributed by atoms with Crippen LogP contribution in [0.2, 0.25) is 10.0 Å². The Bertz CT molecular complexity index is 1440. The maximum Gasteiger partial charge on any atom is 0.205 e. The van der Waals surface area contributed by atoms with Gasteiger partial charge in [-0.05, 0) is 47.4 Å². The number of rotatable bonds is 4. The van der Waals surface area contributed by atoms with Crippen molar-refractivity contribution in [1.29, 1.82) is 5.26 Å². The minimum atomic E-state index is -0.409. The van der Waals surface area contributed by atoms with Crippen molar-refractivity contribution in [3.05, 3.63) is 134 Å². The Morgan fingerprint density at radius 1 is 0.972 bits per heavy atom. The molecule has 0 fully saturated rings. The fourth-order valence-corrected chi connectivity index (χ4v) is 5.39. The van der Waals surface area contributed by atoms with Crippen LogP contribution in [0, 0.1) is 11.3 Å². The second-order valence-electron chi connectivity index (χ2n) is 8.98. The van der Waals surface area contributed by atoms with E-state index in [1.165, 1.54) is 5.56 Å². The highest BCUT2D eigenvalue weighted by molar-refractivity contribution is 6.32. The van der Waals surface area contributed by atoms with Crippen LogP contribution >= 0.6 is 23.2 Å². The molecule has 4 nitrogen and oxygen atoms in total. The topological polar surface area (TPSA) is 62.3 Å². The van der Waals surface area contributed by atoms with E-state index < -0.39 is 5.92 Å². The van der Waals surface area contributed by atoms with Gasteiger partial charge in [-0.3, -0.25) is 4.90 Å². The maximum atomic E-state index is 10.1. The summed E-state index contributed by atoms with van der Waals surface area (Å²) in [7, 11) is 0. The van der Waals surface area contributed by atoms with Crippen molar-refractivity contribution < 1.29 is 4.74 Å². The summed E-state index contributed by atoms with van der Waals surface area (Å²) in [6.07, 6.45) is 2.05. The first kappa shape index (κ1) is 24.2. The molecular weight excluding hydrogens is 489 g/mol. The number of nitrogens with zero attached hydrogens (tertiary/aromatic N) is 2. The monoisotopic (exact) mass is 513 g/mol. The van der Waals surface area contributed by atoms with Gasteiger partial charge < -0.3 is 10.5 Å². The normalized spacial score (nSPS) is 20.1. The highest BCUT2D eigenvalue weighted by atomic mass is 35.5. The fourth-order valence-electron chi connectivity index (χ4n) is 4.96. The fraction of sp³-hybridized carbons (Fsp3) is 0.167. The molecule has 2 aliphatic heterocycles. The van der Waals surface area contributed by atoms with Crippen molar-refractivity contribution in [1.82, 2.24) is 4.90 Å². The Labute approximate surface area is 221 Å². The molecule has 3 aromatic rings. The average Bonchev–Trinajstić information content (AvgIpc) is 2.90. The Hall–Kier alpha value is -3.49. The SMILES string of the molecule is C[C@H](c1ccccc1)N1CC2=C(OC(N)=C(C#N)C2c2ccccc2Cl)/C(=C/c2ccccc2Cl)C1. The van der Waals surface area contributed by atoms with Crippen LogP contribution in [0.25, 0.3) is 6.08 Å². The third-order valence-corrected chi connectivity index (χ3v) is 7.53. The van der Waals surface area contributed by atoms with E-state index in [1.54, 1.807) is 0 Å². The predicted octanol–water partition coefficient (Wildman–Crippen LogP) is 7.22. The number of hydrogen-bond acceptors (Lipinski definition) is 4. The van der Waals surface area contributed by atoms with Crippen LogP contribution in [0.4, 0.5) is 0 Å². The van der Waals surface area contributed by atoms with Gasteiger partial charge in [-0.2, -0.15) is 5.26 Å². The maximum absolute atomic E-state index is 10.1. The Balaban J connectivity index is 1.69. The highest BCUT2D eigenvalue weighted by Gasteiger charge is 2.39. The van der Waals surface area contributed by atoms with Gasteiger partial charge in [0.05, 0.1) is 5.92 Å². The largest absolute Gasteiger partial charge is 0.440 e. The number of nitriles is 1. The molecule has 0 bridgehead atoms. The summed E-state index contributed by atoms with van der Waals surface area (Å²) in [4.78, 5) is 2.38. The quantitative estimate of drug-likeness (QED) is 0.400.